The van der Waals surface area contributed by atoms with Gasteiger partial charge in [-0.1, -0.05) is 36.2 Å². The first kappa shape index (κ1) is 15.6. The lowest BCUT2D eigenvalue weighted by Crippen LogP contribution is -2.43. The first-order valence-corrected chi connectivity index (χ1v) is 6.82. The molecule has 3 N–H and O–H groups in total. The highest BCUT2D eigenvalue weighted by molar-refractivity contribution is 9.09. The molecule has 0 rings (SSSR count). The molecule has 4 nitrogen and oxygen atoms in total. The zero-order valence-corrected chi connectivity index (χ0v) is 11.5. The van der Waals surface area contributed by atoms with Crippen LogP contribution in [0.4, 0.5) is 0 Å². The molecule has 0 fully saturated rings. The zero-order chi connectivity index (χ0) is 12.6. The molecule has 0 saturated carbocycles. The largest absolute Gasteiger partial charge is 0.320 e. The van der Waals surface area contributed by atoms with Crippen LogP contribution in [0.25, 0.3) is 0 Å². The number of nitrogens with two attached hydrogens (primary N) is 1. The van der Waals surface area contributed by atoms with Gasteiger partial charge >= 0.3 is 0 Å². The molecule has 0 bridgehead atoms. The van der Waals surface area contributed by atoms with E-state index in [2.05, 4.69) is 28.2 Å². The molecule has 0 heterocycles. The van der Waals surface area contributed by atoms with Crippen molar-refractivity contribution in [3.63, 3.8) is 0 Å². The number of hydrogen-bond acceptors (Lipinski definition) is 3. The van der Waals surface area contributed by atoms with E-state index in [1.165, 1.54) is 0 Å². The number of halogens is 1. The molecular formula is C11H21BrN2O2. The van der Waals surface area contributed by atoms with Gasteiger partial charge in [0.25, 0.3) is 0 Å². The number of rotatable bonds is 7. The average molecular weight is 293 g/mol. The van der Waals surface area contributed by atoms with Crippen LogP contribution in [-0.2, 0) is 9.59 Å². The van der Waals surface area contributed by atoms with Crippen LogP contribution in [0, 0.1) is 5.92 Å². The number of imide groups is 1. The first-order valence-electron chi connectivity index (χ1n) is 5.70. The first-order chi connectivity index (χ1) is 7.54. The van der Waals surface area contributed by atoms with Crippen molar-refractivity contribution >= 4 is 27.7 Å². The molecule has 0 aromatic carbocycles. The van der Waals surface area contributed by atoms with Crippen molar-refractivity contribution in [3.8, 4) is 0 Å². The van der Waals surface area contributed by atoms with Crippen LogP contribution in [0.1, 0.15) is 39.5 Å². The van der Waals surface area contributed by atoms with Gasteiger partial charge in [0.05, 0.1) is 6.04 Å². The van der Waals surface area contributed by atoms with Gasteiger partial charge in [0.15, 0.2) is 0 Å². The van der Waals surface area contributed by atoms with Gasteiger partial charge in [0, 0.05) is 11.8 Å². The monoisotopic (exact) mass is 292 g/mol. The van der Waals surface area contributed by atoms with E-state index in [1.54, 1.807) is 0 Å². The topological polar surface area (TPSA) is 72.2 Å². The predicted molar refractivity (Wildman–Crippen MR) is 68.2 cm³/mol. The minimum atomic E-state index is -0.586. The van der Waals surface area contributed by atoms with E-state index in [0.717, 1.165) is 18.2 Å². The molecule has 0 saturated heterocycles. The van der Waals surface area contributed by atoms with Gasteiger partial charge in [-0.25, -0.2) is 0 Å². The van der Waals surface area contributed by atoms with Crippen LogP contribution in [0.2, 0.25) is 0 Å². The lowest BCUT2D eigenvalue weighted by atomic mass is 10.0. The Kier molecular flexibility index (Phi) is 8.47. The van der Waals surface area contributed by atoms with Crippen molar-refractivity contribution in [2.24, 2.45) is 11.7 Å². The fourth-order valence-electron chi connectivity index (χ4n) is 1.37. The third kappa shape index (κ3) is 6.23. The normalized spacial score (nSPS) is 14.2. The summed E-state index contributed by atoms with van der Waals surface area (Å²) in [6, 6.07) is -0.586. The quantitative estimate of drug-likeness (QED) is 0.700. The Labute approximate surface area is 105 Å². The Balaban J connectivity index is 4.01. The summed E-state index contributed by atoms with van der Waals surface area (Å²) in [5.41, 5.74) is 5.51. The second kappa shape index (κ2) is 8.70. The highest BCUT2D eigenvalue weighted by atomic mass is 79.9. The third-order valence-electron chi connectivity index (χ3n) is 2.43. The summed E-state index contributed by atoms with van der Waals surface area (Å²) < 4.78 is 0. The van der Waals surface area contributed by atoms with Crippen LogP contribution >= 0.6 is 15.9 Å². The zero-order valence-electron chi connectivity index (χ0n) is 9.96. The van der Waals surface area contributed by atoms with Crippen molar-refractivity contribution < 1.29 is 9.59 Å². The number of carbonyl (C=O) groups is 2. The van der Waals surface area contributed by atoms with Gasteiger partial charge in [-0.2, -0.15) is 0 Å². The fraction of sp³-hybridized carbons (Fsp3) is 0.818. The summed E-state index contributed by atoms with van der Waals surface area (Å²) in [6.07, 6.45) is 2.93. The maximum absolute atomic E-state index is 11.5. The van der Waals surface area contributed by atoms with Gasteiger partial charge in [-0.15, -0.1) is 0 Å². The van der Waals surface area contributed by atoms with Gasteiger partial charge in [-0.3, -0.25) is 14.9 Å². The molecule has 5 heteroatoms. The van der Waals surface area contributed by atoms with Crippen LogP contribution in [0.15, 0.2) is 0 Å². The second-order valence-corrected chi connectivity index (χ2v) is 4.59. The molecule has 0 aromatic rings. The van der Waals surface area contributed by atoms with E-state index >= 15 is 0 Å². The van der Waals surface area contributed by atoms with Crippen molar-refractivity contribution in [2.45, 2.75) is 45.6 Å². The molecule has 0 aromatic heterocycles. The predicted octanol–water partition coefficient (Wildman–Crippen LogP) is 1.57. The lowest BCUT2D eigenvalue weighted by molar-refractivity contribution is -0.131. The molecule has 2 atom stereocenters. The fourth-order valence-corrected chi connectivity index (χ4v) is 1.92. The Bertz CT molecular complexity index is 234. The number of carbonyl (C=O) groups excluding carboxylic acids is 2. The number of amides is 2. The van der Waals surface area contributed by atoms with E-state index in [1.807, 2.05) is 6.92 Å². The molecule has 94 valence electrons. The Morgan fingerprint density at radius 1 is 1.38 bits per heavy atom. The molecule has 0 aliphatic carbocycles. The SMILES string of the molecule is CCC[C@@H](CBr)CC(=O)NC(=O)[C@@H](N)CC. The molecule has 0 aliphatic heterocycles. The van der Waals surface area contributed by atoms with Crippen LogP contribution in [0.5, 0.6) is 0 Å². The van der Waals surface area contributed by atoms with Crippen molar-refractivity contribution in [1.29, 1.82) is 0 Å². The van der Waals surface area contributed by atoms with E-state index < -0.39 is 6.04 Å². The van der Waals surface area contributed by atoms with Crippen molar-refractivity contribution in [3.05, 3.63) is 0 Å². The van der Waals surface area contributed by atoms with Crippen molar-refractivity contribution in [2.75, 3.05) is 5.33 Å². The molecule has 0 aliphatic rings. The van der Waals surface area contributed by atoms with E-state index in [4.69, 9.17) is 5.73 Å². The second-order valence-electron chi connectivity index (χ2n) is 3.94. The number of hydrogen-bond donors (Lipinski definition) is 2. The number of alkyl halides is 1. The summed E-state index contributed by atoms with van der Waals surface area (Å²) in [7, 11) is 0. The minimum absolute atomic E-state index is 0.230. The van der Waals surface area contributed by atoms with Gasteiger partial charge in [-0.05, 0) is 18.8 Å². The average Bonchev–Trinajstić information content (AvgIpc) is 2.27. The Morgan fingerprint density at radius 2 is 2.00 bits per heavy atom. The maximum atomic E-state index is 11.5. The minimum Gasteiger partial charge on any atom is -0.320 e. The highest BCUT2D eigenvalue weighted by Crippen LogP contribution is 2.13. The highest BCUT2D eigenvalue weighted by Gasteiger charge is 2.17. The van der Waals surface area contributed by atoms with E-state index in [9.17, 15) is 9.59 Å². The maximum Gasteiger partial charge on any atom is 0.243 e. The van der Waals surface area contributed by atoms with Crippen LogP contribution < -0.4 is 11.1 Å². The lowest BCUT2D eigenvalue weighted by Gasteiger charge is -2.13. The summed E-state index contributed by atoms with van der Waals surface area (Å²) in [5, 5.41) is 3.11. The smallest absolute Gasteiger partial charge is 0.243 e. The van der Waals surface area contributed by atoms with E-state index in [-0.39, 0.29) is 17.7 Å². The molecule has 0 unspecified atom stereocenters. The van der Waals surface area contributed by atoms with Crippen LogP contribution in [0.3, 0.4) is 0 Å². The Hall–Kier alpha value is -0.420. The summed E-state index contributed by atoms with van der Waals surface area (Å²) in [4.78, 5) is 22.9. The summed E-state index contributed by atoms with van der Waals surface area (Å²) in [6.45, 7) is 3.89. The van der Waals surface area contributed by atoms with Gasteiger partial charge < -0.3 is 5.73 Å². The molecule has 0 radical (unpaired) electrons. The van der Waals surface area contributed by atoms with E-state index in [0.29, 0.717) is 12.8 Å². The standard InChI is InChI=1S/C11H21BrN2O2/c1-3-5-8(7-12)6-10(15)14-11(16)9(13)4-2/h8-9H,3-7,13H2,1-2H3,(H,14,15,16)/t8-,9+/m1/s1. The third-order valence-corrected chi connectivity index (χ3v) is 3.34. The number of nitrogens with one attached hydrogen (secondary N) is 1. The van der Waals surface area contributed by atoms with Gasteiger partial charge in [0.2, 0.25) is 11.8 Å². The molecule has 2 amide bonds. The molecular weight excluding hydrogens is 272 g/mol. The van der Waals surface area contributed by atoms with Crippen molar-refractivity contribution in [1.82, 2.24) is 5.32 Å². The molecule has 16 heavy (non-hydrogen) atoms. The van der Waals surface area contributed by atoms with Gasteiger partial charge in [0.1, 0.15) is 0 Å². The summed E-state index contributed by atoms with van der Waals surface area (Å²) >= 11 is 3.36. The van der Waals surface area contributed by atoms with Crippen LogP contribution in [-0.4, -0.2) is 23.2 Å². The Morgan fingerprint density at radius 3 is 2.44 bits per heavy atom. The summed E-state index contributed by atoms with van der Waals surface area (Å²) in [5.74, 6) is -0.320. The molecule has 0 spiro atoms.